The monoisotopic (exact) mass is 362 g/mol. The van der Waals surface area contributed by atoms with Crippen molar-refractivity contribution in [2.45, 2.75) is 25.9 Å². The number of anilines is 1. The SMILES string of the molecule is CCc1ccccc1NC(=O)CN1CCN(C(=O)CC(CN)OC)CC1. The Labute approximate surface area is 155 Å². The molecule has 2 rings (SSSR count). The number of methoxy groups -OCH3 is 1. The summed E-state index contributed by atoms with van der Waals surface area (Å²) in [4.78, 5) is 28.5. The molecule has 0 spiro atoms. The van der Waals surface area contributed by atoms with Crippen molar-refractivity contribution in [3.63, 3.8) is 0 Å². The first-order chi connectivity index (χ1) is 12.6. The van der Waals surface area contributed by atoms with Crippen LogP contribution in [0.3, 0.4) is 0 Å². The van der Waals surface area contributed by atoms with E-state index in [-0.39, 0.29) is 17.9 Å². The molecule has 1 heterocycles. The van der Waals surface area contributed by atoms with Crippen molar-refractivity contribution in [2.75, 3.05) is 51.7 Å². The van der Waals surface area contributed by atoms with E-state index < -0.39 is 0 Å². The number of carbonyl (C=O) groups excluding carboxylic acids is 2. The third kappa shape index (κ3) is 5.79. The molecule has 1 fully saturated rings. The molecule has 2 amide bonds. The van der Waals surface area contributed by atoms with Gasteiger partial charge in [-0.15, -0.1) is 0 Å². The van der Waals surface area contributed by atoms with E-state index in [2.05, 4.69) is 17.1 Å². The highest BCUT2D eigenvalue weighted by molar-refractivity contribution is 5.93. The predicted octanol–water partition coefficient (Wildman–Crippen LogP) is 0.696. The molecule has 7 heteroatoms. The lowest BCUT2D eigenvalue weighted by atomic mass is 10.1. The zero-order valence-corrected chi connectivity index (χ0v) is 15.7. The number of carbonyl (C=O) groups is 2. The van der Waals surface area contributed by atoms with Gasteiger partial charge >= 0.3 is 0 Å². The number of hydrogen-bond donors (Lipinski definition) is 2. The van der Waals surface area contributed by atoms with E-state index in [4.69, 9.17) is 10.5 Å². The molecule has 0 aliphatic carbocycles. The lowest BCUT2D eigenvalue weighted by Gasteiger charge is -2.34. The van der Waals surface area contributed by atoms with Gasteiger partial charge in [0.2, 0.25) is 11.8 Å². The highest BCUT2D eigenvalue weighted by Crippen LogP contribution is 2.15. The van der Waals surface area contributed by atoms with Crippen LogP contribution in [0.1, 0.15) is 18.9 Å². The van der Waals surface area contributed by atoms with E-state index in [9.17, 15) is 9.59 Å². The average molecular weight is 362 g/mol. The van der Waals surface area contributed by atoms with E-state index in [1.54, 1.807) is 7.11 Å². The Morgan fingerprint density at radius 2 is 1.92 bits per heavy atom. The first-order valence-corrected chi connectivity index (χ1v) is 9.18. The summed E-state index contributed by atoms with van der Waals surface area (Å²) in [6.07, 6.45) is 0.953. The van der Waals surface area contributed by atoms with Crippen molar-refractivity contribution in [3.8, 4) is 0 Å². The van der Waals surface area contributed by atoms with Crippen LogP contribution in [0.5, 0.6) is 0 Å². The number of piperazine rings is 1. The van der Waals surface area contributed by atoms with Crippen LogP contribution in [0.4, 0.5) is 5.69 Å². The third-order valence-corrected chi connectivity index (χ3v) is 4.76. The van der Waals surface area contributed by atoms with Crippen LogP contribution < -0.4 is 11.1 Å². The fourth-order valence-corrected chi connectivity index (χ4v) is 3.09. The minimum absolute atomic E-state index is 0.0201. The maximum absolute atomic E-state index is 12.3. The number of hydrogen-bond acceptors (Lipinski definition) is 5. The molecule has 1 aliphatic rings. The third-order valence-electron chi connectivity index (χ3n) is 4.76. The molecule has 1 unspecified atom stereocenters. The molecule has 26 heavy (non-hydrogen) atoms. The normalized spacial score (nSPS) is 16.3. The van der Waals surface area contributed by atoms with Gasteiger partial charge in [0, 0.05) is 45.5 Å². The van der Waals surface area contributed by atoms with Crippen LogP contribution in [0.15, 0.2) is 24.3 Å². The summed E-state index contributed by atoms with van der Waals surface area (Å²) in [5.41, 5.74) is 7.58. The molecule has 144 valence electrons. The van der Waals surface area contributed by atoms with E-state index in [1.165, 1.54) is 0 Å². The van der Waals surface area contributed by atoms with Gasteiger partial charge in [0.05, 0.1) is 19.1 Å². The number of nitrogens with two attached hydrogens (primary N) is 1. The Morgan fingerprint density at radius 1 is 1.23 bits per heavy atom. The van der Waals surface area contributed by atoms with Crippen LogP contribution in [-0.2, 0) is 20.7 Å². The highest BCUT2D eigenvalue weighted by Gasteiger charge is 2.24. The van der Waals surface area contributed by atoms with Gasteiger partial charge in [-0.25, -0.2) is 0 Å². The summed E-state index contributed by atoms with van der Waals surface area (Å²) in [6.45, 7) is 5.37. The second-order valence-electron chi connectivity index (χ2n) is 6.51. The summed E-state index contributed by atoms with van der Waals surface area (Å²) >= 11 is 0. The van der Waals surface area contributed by atoms with E-state index in [0.29, 0.717) is 45.7 Å². The smallest absolute Gasteiger partial charge is 0.238 e. The van der Waals surface area contributed by atoms with Crippen LogP contribution in [-0.4, -0.2) is 74.1 Å². The Hall–Kier alpha value is -1.96. The Morgan fingerprint density at radius 3 is 2.54 bits per heavy atom. The van der Waals surface area contributed by atoms with Crippen LogP contribution in [0, 0.1) is 0 Å². The first-order valence-electron chi connectivity index (χ1n) is 9.18. The number of para-hydroxylation sites is 1. The number of aryl methyl sites for hydroxylation is 1. The summed E-state index contributed by atoms with van der Waals surface area (Å²) in [5.74, 6) is 0.0385. The topological polar surface area (TPSA) is 87.9 Å². The first kappa shape index (κ1) is 20.4. The van der Waals surface area contributed by atoms with Gasteiger partial charge in [-0.3, -0.25) is 14.5 Å². The molecular weight excluding hydrogens is 332 g/mol. The van der Waals surface area contributed by atoms with Crippen molar-refractivity contribution < 1.29 is 14.3 Å². The number of nitrogens with one attached hydrogen (secondary N) is 1. The number of nitrogens with zero attached hydrogens (tertiary/aromatic N) is 2. The highest BCUT2D eigenvalue weighted by atomic mass is 16.5. The summed E-state index contributed by atoms with van der Waals surface area (Å²) < 4.78 is 5.17. The minimum Gasteiger partial charge on any atom is -0.380 e. The maximum Gasteiger partial charge on any atom is 0.238 e. The van der Waals surface area contributed by atoms with Crippen molar-refractivity contribution in [3.05, 3.63) is 29.8 Å². The van der Waals surface area contributed by atoms with E-state index in [1.807, 2.05) is 29.2 Å². The molecule has 0 radical (unpaired) electrons. The Kier molecular flexibility index (Phi) is 8.03. The number of ether oxygens (including phenoxy) is 1. The van der Waals surface area contributed by atoms with Crippen LogP contribution >= 0.6 is 0 Å². The molecule has 0 bridgehead atoms. The second kappa shape index (κ2) is 10.3. The largest absolute Gasteiger partial charge is 0.380 e. The fourth-order valence-electron chi connectivity index (χ4n) is 3.09. The maximum atomic E-state index is 12.3. The van der Waals surface area contributed by atoms with Gasteiger partial charge in [0.15, 0.2) is 0 Å². The summed E-state index contributed by atoms with van der Waals surface area (Å²) in [7, 11) is 1.57. The summed E-state index contributed by atoms with van der Waals surface area (Å²) in [5, 5.41) is 2.99. The standard InChI is InChI=1S/C19H30N4O3/c1-3-15-6-4-5-7-17(15)21-18(24)14-22-8-10-23(11-9-22)19(25)12-16(13-20)26-2/h4-7,16H,3,8-14,20H2,1-2H3,(H,21,24). The van der Waals surface area contributed by atoms with Gasteiger partial charge in [0.25, 0.3) is 0 Å². The average Bonchev–Trinajstić information content (AvgIpc) is 2.66. The van der Waals surface area contributed by atoms with Gasteiger partial charge in [-0.1, -0.05) is 25.1 Å². The molecule has 0 aromatic heterocycles. The number of benzene rings is 1. The zero-order chi connectivity index (χ0) is 18.9. The fraction of sp³-hybridized carbons (Fsp3) is 0.579. The molecule has 3 N–H and O–H groups in total. The second-order valence-corrected chi connectivity index (χ2v) is 6.51. The van der Waals surface area contributed by atoms with Crippen molar-refractivity contribution in [1.82, 2.24) is 9.80 Å². The lowest BCUT2D eigenvalue weighted by Crippen LogP contribution is -2.51. The molecule has 1 atom stereocenters. The lowest BCUT2D eigenvalue weighted by molar-refractivity contribution is -0.135. The van der Waals surface area contributed by atoms with E-state index in [0.717, 1.165) is 17.7 Å². The summed E-state index contributed by atoms with van der Waals surface area (Å²) in [6, 6.07) is 7.85. The molecule has 0 saturated carbocycles. The molecular formula is C19H30N4O3. The van der Waals surface area contributed by atoms with Crippen molar-refractivity contribution >= 4 is 17.5 Å². The molecule has 1 aromatic rings. The van der Waals surface area contributed by atoms with Gasteiger partial charge in [-0.2, -0.15) is 0 Å². The van der Waals surface area contributed by atoms with Crippen molar-refractivity contribution in [2.24, 2.45) is 5.73 Å². The Balaban J connectivity index is 1.77. The van der Waals surface area contributed by atoms with Crippen LogP contribution in [0.25, 0.3) is 0 Å². The van der Waals surface area contributed by atoms with Crippen LogP contribution in [0.2, 0.25) is 0 Å². The number of rotatable bonds is 8. The van der Waals surface area contributed by atoms with Gasteiger partial charge in [0.1, 0.15) is 0 Å². The number of amides is 2. The molecule has 1 saturated heterocycles. The van der Waals surface area contributed by atoms with Crippen molar-refractivity contribution in [1.29, 1.82) is 0 Å². The zero-order valence-electron chi connectivity index (χ0n) is 15.7. The quantitative estimate of drug-likeness (QED) is 0.711. The predicted molar refractivity (Wildman–Crippen MR) is 102 cm³/mol. The molecule has 1 aliphatic heterocycles. The van der Waals surface area contributed by atoms with E-state index >= 15 is 0 Å². The molecule has 1 aromatic carbocycles. The van der Waals surface area contributed by atoms with Gasteiger partial charge < -0.3 is 20.7 Å². The Bertz CT molecular complexity index is 596. The molecule has 7 nitrogen and oxygen atoms in total. The minimum atomic E-state index is -0.232. The van der Waals surface area contributed by atoms with Gasteiger partial charge in [-0.05, 0) is 18.1 Å².